The third kappa shape index (κ3) is 4.29. The van der Waals surface area contributed by atoms with Crippen LogP contribution in [0.3, 0.4) is 0 Å². The van der Waals surface area contributed by atoms with E-state index in [9.17, 15) is 19.7 Å². The molecule has 1 amide bonds. The van der Waals surface area contributed by atoms with Gasteiger partial charge in [0.25, 0.3) is 5.69 Å². The van der Waals surface area contributed by atoms with Crippen LogP contribution in [-0.2, 0) is 4.79 Å². The fourth-order valence-electron chi connectivity index (χ4n) is 2.46. The monoisotopic (exact) mass is 401 g/mol. The molecule has 10 heteroatoms. The number of H-pyrrole nitrogens is 1. The summed E-state index contributed by atoms with van der Waals surface area (Å²) in [6, 6.07) is 14.6. The third-order valence-electron chi connectivity index (χ3n) is 3.88. The number of nitro groups is 1. The van der Waals surface area contributed by atoms with Crippen LogP contribution in [0, 0.1) is 10.1 Å². The molecule has 9 nitrogen and oxygen atoms in total. The maximum Gasteiger partial charge on any atom is 0.442 e. The van der Waals surface area contributed by atoms with Crippen molar-refractivity contribution in [3.63, 3.8) is 0 Å². The lowest BCUT2D eigenvalue weighted by Crippen LogP contribution is -2.37. The van der Waals surface area contributed by atoms with Gasteiger partial charge in [-0.2, -0.15) is 0 Å². The number of anilines is 1. The standard InChI is InChI=1S/C18H16N4O5S/c1-2-15(16(23)19-12-8-10-14(11-9-12)22(25)26)28-17-18(24)27-20-21(17)13-6-4-3-5-7-13/h3-11,15H,2H2,1H3,(H-,19,20,23,24)/p+1. The van der Waals surface area contributed by atoms with Gasteiger partial charge < -0.3 is 5.32 Å². The van der Waals surface area contributed by atoms with Crippen molar-refractivity contribution in [2.45, 2.75) is 23.6 Å². The molecule has 0 aliphatic carbocycles. The molecule has 3 aromatic rings. The van der Waals surface area contributed by atoms with Gasteiger partial charge in [-0.1, -0.05) is 25.1 Å². The smallest absolute Gasteiger partial charge is 0.325 e. The molecule has 0 radical (unpaired) electrons. The first-order valence-electron chi connectivity index (χ1n) is 8.40. The predicted molar refractivity (Wildman–Crippen MR) is 103 cm³/mol. The number of nitrogens with zero attached hydrogens (tertiary/aromatic N) is 2. The molecule has 0 saturated heterocycles. The van der Waals surface area contributed by atoms with Crippen LogP contribution in [0.15, 0.2) is 68.9 Å². The Hall–Kier alpha value is -3.40. The summed E-state index contributed by atoms with van der Waals surface area (Å²) in [6.45, 7) is 1.83. The molecule has 0 saturated carbocycles. The zero-order chi connectivity index (χ0) is 20.1. The lowest BCUT2D eigenvalue weighted by molar-refractivity contribution is -0.704. The lowest BCUT2D eigenvalue weighted by Gasteiger charge is -2.12. The minimum atomic E-state index is -0.574. The highest BCUT2D eigenvalue weighted by atomic mass is 32.2. The highest BCUT2D eigenvalue weighted by molar-refractivity contribution is 8.00. The van der Waals surface area contributed by atoms with Gasteiger partial charge in [-0.25, -0.2) is 4.79 Å². The number of non-ortho nitro benzene ring substituents is 1. The van der Waals surface area contributed by atoms with E-state index in [0.717, 1.165) is 11.8 Å². The van der Waals surface area contributed by atoms with E-state index < -0.39 is 15.8 Å². The number of thioether (sulfide) groups is 1. The number of hydrogen-bond acceptors (Lipinski definition) is 6. The van der Waals surface area contributed by atoms with E-state index in [1.807, 2.05) is 25.1 Å². The molecule has 1 atom stereocenters. The Morgan fingerprint density at radius 1 is 1.25 bits per heavy atom. The SMILES string of the molecule is CCC(Sc1c(=O)o[nH][n+]1-c1ccccc1)C(=O)Nc1ccc([N+](=O)[O-])cc1. The van der Waals surface area contributed by atoms with Crippen LogP contribution in [-0.4, -0.2) is 21.4 Å². The van der Waals surface area contributed by atoms with E-state index in [1.54, 1.807) is 12.1 Å². The molecule has 0 bridgehead atoms. The molecule has 1 aromatic heterocycles. The summed E-state index contributed by atoms with van der Waals surface area (Å²) in [6.07, 6.45) is 0.461. The summed E-state index contributed by atoms with van der Waals surface area (Å²) in [5.74, 6) is -0.318. The van der Waals surface area contributed by atoms with Gasteiger partial charge in [0, 0.05) is 30.0 Å². The van der Waals surface area contributed by atoms with E-state index in [-0.39, 0.29) is 16.6 Å². The Labute approximate surface area is 163 Å². The van der Waals surface area contributed by atoms with Crippen LogP contribution >= 0.6 is 11.8 Å². The van der Waals surface area contributed by atoms with E-state index in [0.29, 0.717) is 17.8 Å². The number of rotatable bonds is 7. The number of para-hydroxylation sites is 1. The molecule has 0 spiro atoms. The van der Waals surface area contributed by atoms with E-state index in [2.05, 4.69) is 10.6 Å². The van der Waals surface area contributed by atoms with Gasteiger partial charge in [0.2, 0.25) is 11.6 Å². The minimum absolute atomic E-state index is 0.0618. The average Bonchev–Trinajstić information content (AvgIpc) is 3.07. The van der Waals surface area contributed by atoms with E-state index in [4.69, 9.17) is 4.52 Å². The van der Waals surface area contributed by atoms with Crippen molar-refractivity contribution in [2.75, 3.05) is 5.32 Å². The second kappa shape index (κ2) is 8.53. The zero-order valence-corrected chi connectivity index (χ0v) is 15.6. The van der Waals surface area contributed by atoms with Crippen LogP contribution in [0.5, 0.6) is 0 Å². The number of carbonyl (C=O) groups excluding carboxylic acids is 1. The molecule has 1 unspecified atom stereocenters. The zero-order valence-electron chi connectivity index (χ0n) is 14.8. The summed E-state index contributed by atoms with van der Waals surface area (Å²) < 4.78 is 6.38. The number of hydrogen-bond donors (Lipinski definition) is 2. The van der Waals surface area contributed by atoms with Gasteiger partial charge >= 0.3 is 10.7 Å². The number of nitro benzene ring substituents is 1. The Morgan fingerprint density at radius 2 is 1.93 bits per heavy atom. The molecule has 28 heavy (non-hydrogen) atoms. The van der Waals surface area contributed by atoms with Crippen molar-refractivity contribution >= 4 is 29.0 Å². The van der Waals surface area contributed by atoms with Crippen molar-refractivity contribution in [3.8, 4) is 5.69 Å². The maximum absolute atomic E-state index is 12.6. The van der Waals surface area contributed by atoms with Crippen molar-refractivity contribution in [2.24, 2.45) is 0 Å². The lowest BCUT2D eigenvalue weighted by atomic mass is 10.2. The number of aromatic nitrogens is 2. The highest BCUT2D eigenvalue weighted by Crippen LogP contribution is 2.23. The molecular formula is C18H17N4O5S+. The van der Waals surface area contributed by atoms with Crippen LogP contribution in [0.2, 0.25) is 0 Å². The first-order chi connectivity index (χ1) is 13.5. The Bertz CT molecular complexity index is 1030. The maximum atomic E-state index is 12.6. The summed E-state index contributed by atoms with van der Waals surface area (Å²) in [5, 5.41) is 15.7. The van der Waals surface area contributed by atoms with Crippen LogP contribution in [0.1, 0.15) is 13.3 Å². The molecular weight excluding hydrogens is 384 g/mol. The Morgan fingerprint density at radius 3 is 2.54 bits per heavy atom. The normalized spacial score (nSPS) is 11.8. The second-order valence-electron chi connectivity index (χ2n) is 5.76. The molecule has 2 aromatic carbocycles. The summed E-state index contributed by atoms with van der Waals surface area (Å²) in [7, 11) is 0. The number of carbonyl (C=O) groups is 1. The quantitative estimate of drug-likeness (QED) is 0.272. The van der Waals surface area contributed by atoms with Gasteiger partial charge in [-0.15, -0.1) is 0 Å². The number of nitrogens with one attached hydrogen (secondary N) is 2. The fourth-order valence-corrected chi connectivity index (χ4v) is 3.45. The minimum Gasteiger partial charge on any atom is -0.325 e. The average molecular weight is 401 g/mol. The van der Waals surface area contributed by atoms with Gasteiger partial charge in [0.15, 0.2) is 0 Å². The molecule has 3 rings (SSSR count). The van der Waals surface area contributed by atoms with Gasteiger partial charge in [0.05, 0.1) is 10.2 Å². The summed E-state index contributed by atoms with van der Waals surface area (Å²) >= 11 is 1.08. The molecule has 144 valence electrons. The number of amides is 1. The van der Waals surface area contributed by atoms with Crippen LogP contribution < -0.4 is 15.6 Å². The predicted octanol–water partition coefficient (Wildman–Crippen LogP) is 2.66. The van der Waals surface area contributed by atoms with Gasteiger partial charge in [0.1, 0.15) is 0 Å². The third-order valence-corrected chi connectivity index (χ3v) is 5.29. The number of benzene rings is 2. The van der Waals surface area contributed by atoms with Gasteiger partial charge in [-0.05, 0) is 40.3 Å². The summed E-state index contributed by atoms with van der Waals surface area (Å²) in [5.41, 5.74) is 0.497. The van der Waals surface area contributed by atoms with Crippen LogP contribution in [0.25, 0.3) is 5.69 Å². The number of aromatic amines is 1. The van der Waals surface area contributed by atoms with E-state index >= 15 is 0 Å². The van der Waals surface area contributed by atoms with E-state index in [1.165, 1.54) is 28.9 Å². The molecule has 1 heterocycles. The topological polar surface area (TPSA) is 122 Å². The Balaban J connectivity index is 1.77. The second-order valence-corrected chi connectivity index (χ2v) is 6.96. The molecule has 2 N–H and O–H groups in total. The summed E-state index contributed by atoms with van der Waals surface area (Å²) in [4.78, 5) is 35.0. The molecule has 0 aliphatic rings. The highest BCUT2D eigenvalue weighted by Gasteiger charge is 2.30. The van der Waals surface area contributed by atoms with Crippen molar-refractivity contribution in [1.29, 1.82) is 0 Å². The Kier molecular flexibility index (Phi) is 5.90. The largest absolute Gasteiger partial charge is 0.442 e. The fraction of sp³-hybridized carbons (Fsp3) is 0.167. The molecule has 0 fully saturated rings. The molecule has 0 aliphatic heterocycles. The van der Waals surface area contributed by atoms with Gasteiger partial charge in [-0.3, -0.25) is 19.4 Å². The first kappa shape index (κ1) is 19.4. The van der Waals surface area contributed by atoms with Crippen LogP contribution in [0.4, 0.5) is 11.4 Å². The van der Waals surface area contributed by atoms with Crippen molar-refractivity contribution in [1.82, 2.24) is 5.27 Å². The van der Waals surface area contributed by atoms with Crippen molar-refractivity contribution in [3.05, 3.63) is 75.1 Å². The first-order valence-corrected chi connectivity index (χ1v) is 9.28. The van der Waals surface area contributed by atoms with Crippen molar-refractivity contribution < 1.29 is 18.9 Å².